The van der Waals surface area contributed by atoms with Crippen molar-refractivity contribution in [2.75, 3.05) is 18.2 Å². The maximum absolute atomic E-state index is 12.6. The number of phenols is 1. The van der Waals surface area contributed by atoms with Crippen LogP contribution in [-0.4, -0.2) is 38.6 Å². The van der Waals surface area contributed by atoms with Crippen LogP contribution < -0.4 is 10.1 Å². The Bertz CT molecular complexity index is 1250. The standard InChI is InChI=1S/C25H24N4O3S/c1-16-12-17(2)14-19(13-16)26-23(31)15-33-25-28-27-24(18-4-8-21(30)9-5-18)29(25)20-6-10-22(32-3)11-7-20/h4-14,30H,15H2,1-3H3,(H,26,31). The third-order valence-electron chi connectivity index (χ3n) is 4.93. The van der Waals surface area contributed by atoms with Crippen molar-refractivity contribution in [3.8, 4) is 28.6 Å². The van der Waals surface area contributed by atoms with Crippen molar-refractivity contribution >= 4 is 23.4 Å². The van der Waals surface area contributed by atoms with Crippen molar-refractivity contribution in [2.24, 2.45) is 0 Å². The molecular formula is C25H24N4O3S. The minimum atomic E-state index is -0.125. The van der Waals surface area contributed by atoms with E-state index in [-0.39, 0.29) is 17.4 Å². The Labute approximate surface area is 196 Å². The van der Waals surface area contributed by atoms with Crippen LogP contribution in [-0.2, 0) is 4.79 Å². The molecule has 2 N–H and O–H groups in total. The van der Waals surface area contributed by atoms with Gasteiger partial charge in [-0.1, -0.05) is 17.8 Å². The lowest BCUT2D eigenvalue weighted by atomic mass is 10.1. The number of methoxy groups -OCH3 is 1. The molecule has 0 atom stereocenters. The molecule has 0 unspecified atom stereocenters. The molecule has 0 aliphatic rings. The SMILES string of the molecule is COc1ccc(-n2c(SCC(=O)Nc3cc(C)cc(C)c3)nnc2-c2ccc(O)cc2)cc1. The quantitative estimate of drug-likeness (QED) is 0.378. The predicted octanol–water partition coefficient (Wildman–Crippen LogP) is 5.00. The number of hydrogen-bond donors (Lipinski definition) is 2. The maximum atomic E-state index is 12.6. The first kappa shape index (κ1) is 22.4. The highest BCUT2D eigenvalue weighted by molar-refractivity contribution is 7.99. The molecule has 0 saturated heterocycles. The molecule has 1 amide bonds. The van der Waals surface area contributed by atoms with E-state index in [0.29, 0.717) is 11.0 Å². The average Bonchev–Trinajstić information content (AvgIpc) is 3.21. The van der Waals surface area contributed by atoms with Crippen molar-refractivity contribution in [3.05, 3.63) is 77.9 Å². The Hall–Kier alpha value is -3.78. The van der Waals surface area contributed by atoms with Crippen molar-refractivity contribution < 1.29 is 14.6 Å². The van der Waals surface area contributed by atoms with Crippen LogP contribution in [0.15, 0.2) is 71.9 Å². The van der Waals surface area contributed by atoms with Gasteiger partial charge in [-0.15, -0.1) is 10.2 Å². The minimum Gasteiger partial charge on any atom is -0.508 e. The van der Waals surface area contributed by atoms with Crippen molar-refractivity contribution in [2.45, 2.75) is 19.0 Å². The van der Waals surface area contributed by atoms with Crippen LogP contribution in [0.2, 0.25) is 0 Å². The summed E-state index contributed by atoms with van der Waals surface area (Å²) in [4.78, 5) is 12.6. The van der Waals surface area contributed by atoms with E-state index < -0.39 is 0 Å². The zero-order valence-corrected chi connectivity index (χ0v) is 19.4. The fraction of sp³-hybridized carbons (Fsp3) is 0.160. The largest absolute Gasteiger partial charge is 0.508 e. The summed E-state index contributed by atoms with van der Waals surface area (Å²) in [6.45, 7) is 4.00. The topological polar surface area (TPSA) is 89.3 Å². The van der Waals surface area contributed by atoms with Crippen LogP contribution in [0.3, 0.4) is 0 Å². The number of hydrogen-bond acceptors (Lipinski definition) is 6. The van der Waals surface area contributed by atoms with Gasteiger partial charge in [-0.25, -0.2) is 0 Å². The zero-order valence-electron chi connectivity index (χ0n) is 18.6. The van der Waals surface area contributed by atoms with E-state index in [1.165, 1.54) is 11.8 Å². The van der Waals surface area contributed by atoms with E-state index >= 15 is 0 Å². The maximum Gasteiger partial charge on any atom is 0.234 e. The highest BCUT2D eigenvalue weighted by Crippen LogP contribution is 2.30. The van der Waals surface area contributed by atoms with Crippen LogP contribution in [0.1, 0.15) is 11.1 Å². The molecule has 0 fully saturated rings. The van der Waals surface area contributed by atoms with Crippen LogP contribution in [0.5, 0.6) is 11.5 Å². The number of thioether (sulfide) groups is 1. The van der Waals surface area contributed by atoms with Crippen LogP contribution in [0.25, 0.3) is 17.1 Å². The predicted molar refractivity (Wildman–Crippen MR) is 130 cm³/mol. The Morgan fingerprint density at radius 1 is 1.00 bits per heavy atom. The highest BCUT2D eigenvalue weighted by atomic mass is 32.2. The third kappa shape index (κ3) is 5.35. The number of amides is 1. The zero-order chi connectivity index (χ0) is 23.4. The Balaban J connectivity index is 1.60. The van der Waals surface area contributed by atoms with Crippen molar-refractivity contribution in [3.63, 3.8) is 0 Å². The monoisotopic (exact) mass is 460 g/mol. The molecule has 0 saturated carbocycles. The Morgan fingerprint density at radius 2 is 1.67 bits per heavy atom. The number of carbonyl (C=O) groups is 1. The molecular weight excluding hydrogens is 436 g/mol. The normalized spacial score (nSPS) is 10.8. The van der Waals surface area contributed by atoms with E-state index in [0.717, 1.165) is 33.8 Å². The van der Waals surface area contributed by atoms with E-state index in [4.69, 9.17) is 4.74 Å². The lowest BCUT2D eigenvalue weighted by molar-refractivity contribution is -0.113. The van der Waals surface area contributed by atoms with Gasteiger partial charge < -0.3 is 15.2 Å². The molecule has 0 aliphatic carbocycles. The fourth-order valence-corrected chi connectivity index (χ4v) is 4.25. The molecule has 0 aliphatic heterocycles. The second kappa shape index (κ2) is 9.79. The molecule has 33 heavy (non-hydrogen) atoms. The summed E-state index contributed by atoms with van der Waals surface area (Å²) < 4.78 is 7.16. The van der Waals surface area contributed by atoms with Gasteiger partial charge in [0, 0.05) is 16.9 Å². The first-order valence-corrected chi connectivity index (χ1v) is 11.3. The van der Waals surface area contributed by atoms with Crippen LogP contribution >= 0.6 is 11.8 Å². The number of benzene rings is 3. The molecule has 4 rings (SSSR count). The number of rotatable bonds is 7. The number of aromatic hydroxyl groups is 1. The molecule has 1 aromatic heterocycles. The number of aryl methyl sites for hydroxylation is 2. The molecule has 1 heterocycles. The van der Waals surface area contributed by atoms with Gasteiger partial charge >= 0.3 is 0 Å². The van der Waals surface area contributed by atoms with Gasteiger partial charge in [-0.05, 0) is 85.6 Å². The highest BCUT2D eigenvalue weighted by Gasteiger charge is 2.18. The number of carbonyl (C=O) groups excluding carboxylic acids is 1. The van der Waals surface area contributed by atoms with E-state index in [1.807, 2.05) is 54.8 Å². The van der Waals surface area contributed by atoms with Crippen molar-refractivity contribution in [1.29, 1.82) is 0 Å². The van der Waals surface area contributed by atoms with E-state index in [9.17, 15) is 9.90 Å². The lowest BCUT2D eigenvalue weighted by Crippen LogP contribution is -2.14. The van der Waals surface area contributed by atoms with Gasteiger partial charge in [0.25, 0.3) is 0 Å². The summed E-state index contributed by atoms with van der Waals surface area (Å²) in [6, 6.07) is 20.2. The molecule has 4 aromatic rings. The minimum absolute atomic E-state index is 0.125. The van der Waals surface area contributed by atoms with Gasteiger partial charge in [-0.2, -0.15) is 0 Å². The summed E-state index contributed by atoms with van der Waals surface area (Å²) in [5, 5.41) is 21.9. The summed E-state index contributed by atoms with van der Waals surface area (Å²) in [6.07, 6.45) is 0. The molecule has 0 bridgehead atoms. The van der Waals surface area contributed by atoms with Gasteiger partial charge in [-0.3, -0.25) is 9.36 Å². The second-order valence-electron chi connectivity index (χ2n) is 7.60. The van der Waals surface area contributed by atoms with Gasteiger partial charge in [0.2, 0.25) is 5.91 Å². The Kier molecular flexibility index (Phi) is 6.65. The van der Waals surface area contributed by atoms with E-state index in [2.05, 4.69) is 21.6 Å². The molecule has 0 spiro atoms. The number of phenolic OH excluding ortho intramolecular Hbond substituents is 1. The Morgan fingerprint density at radius 3 is 2.30 bits per heavy atom. The third-order valence-corrected chi connectivity index (χ3v) is 5.86. The summed E-state index contributed by atoms with van der Waals surface area (Å²) in [5.41, 5.74) is 4.59. The van der Waals surface area contributed by atoms with Gasteiger partial charge in [0.15, 0.2) is 11.0 Å². The number of nitrogens with zero attached hydrogens (tertiary/aromatic N) is 3. The number of ether oxygens (including phenoxy) is 1. The average molecular weight is 461 g/mol. The molecule has 8 heteroatoms. The summed E-state index contributed by atoms with van der Waals surface area (Å²) >= 11 is 1.30. The second-order valence-corrected chi connectivity index (χ2v) is 8.54. The first-order valence-electron chi connectivity index (χ1n) is 10.3. The smallest absolute Gasteiger partial charge is 0.234 e. The first-order chi connectivity index (χ1) is 15.9. The molecule has 7 nitrogen and oxygen atoms in total. The number of aromatic nitrogens is 3. The lowest BCUT2D eigenvalue weighted by Gasteiger charge is -2.11. The van der Waals surface area contributed by atoms with E-state index in [1.54, 1.807) is 31.4 Å². The number of nitrogens with one attached hydrogen (secondary N) is 1. The van der Waals surface area contributed by atoms with Gasteiger partial charge in [0.05, 0.1) is 12.9 Å². The molecule has 3 aromatic carbocycles. The van der Waals surface area contributed by atoms with Crippen LogP contribution in [0.4, 0.5) is 5.69 Å². The molecule has 0 radical (unpaired) electrons. The fourth-order valence-electron chi connectivity index (χ4n) is 3.50. The van der Waals surface area contributed by atoms with Crippen molar-refractivity contribution in [1.82, 2.24) is 14.8 Å². The van der Waals surface area contributed by atoms with Gasteiger partial charge in [0.1, 0.15) is 11.5 Å². The number of anilines is 1. The molecule has 168 valence electrons. The van der Waals surface area contributed by atoms with Crippen LogP contribution in [0, 0.1) is 13.8 Å². The summed E-state index contributed by atoms with van der Waals surface area (Å²) in [7, 11) is 1.62. The summed E-state index contributed by atoms with van der Waals surface area (Å²) in [5.74, 6) is 1.57.